The Morgan fingerprint density at radius 3 is 2.30 bits per heavy atom. The summed E-state index contributed by atoms with van der Waals surface area (Å²) in [6.07, 6.45) is 0. The fourth-order valence-electron chi connectivity index (χ4n) is 1.71. The maximum absolute atomic E-state index is 5.73. The van der Waals surface area contributed by atoms with Crippen LogP contribution in [0.15, 0.2) is 35.2 Å². The zero-order valence-corrected chi connectivity index (χ0v) is 14.4. The van der Waals surface area contributed by atoms with E-state index >= 15 is 0 Å². The molecule has 0 aliphatic carbocycles. The van der Waals surface area contributed by atoms with E-state index in [1.807, 2.05) is 19.9 Å². The zero-order valence-electron chi connectivity index (χ0n) is 13.6. The number of benzene rings is 1. The second-order valence-electron chi connectivity index (χ2n) is 4.80. The van der Waals surface area contributed by atoms with Gasteiger partial charge < -0.3 is 11.1 Å². The molecular weight excluding hydrogens is 266 g/mol. The molecule has 1 atom stereocenters. The summed E-state index contributed by atoms with van der Waals surface area (Å²) in [5.41, 5.74) is 5.73. The molecule has 0 saturated heterocycles. The van der Waals surface area contributed by atoms with Crippen LogP contribution in [0.2, 0.25) is 0 Å². The van der Waals surface area contributed by atoms with Crippen LogP contribution in [0.4, 0.5) is 0 Å². The molecule has 1 rings (SSSR count). The molecular formula is C16H31N3S. The van der Waals surface area contributed by atoms with Gasteiger partial charge in [0.2, 0.25) is 0 Å². The Kier molecular flexibility index (Phi) is 11.9. The number of rotatable bonds is 8. The lowest BCUT2D eigenvalue weighted by molar-refractivity contribution is 0.391. The van der Waals surface area contributed by atoms with Crippen LogP contribution >= 0.6 is 11.9 Å². The lowest BCUT2D eigenvalue weighted by atomic mass is 10.1. The molecule has 4 heteroatoms. The molecule has 0 aromatic heterocycles. The van der Waals surface area contributed by atoms with Crippen LogP contribution in [0.25, 0.3) is 0 Å². The van der Waals surface area contributed by atoms with Crippen molar-refractivity contribution < 1.29 is 0 Å². The monoisotopic (exact) mass is 297 g/mol. The summed E-state index contributed by atoms with van der Waals surface area (Å²) >= 11 is 1.77. The van der Waals surface area contributed by atoms with Gasteiger partial charge in [0, 0.05) is 30.6 Å². The summed E-state index contributed by atoms with van der Waals surface area (Å²) in [7, 11) is 2.12. The van der Waals surface area contributed by atoms with E-state index in [0.717, 1.165) is 13.1 Å². The summed E-state index contributed by atoms with van der Waals surface area (Å²) in [6, 6.07) is 10.9. The summed E-state index contributed by atoms with van der Waals surface area (Å²) in [5, 5.41) is 3.51. The largest absolute Gasteiger partial charge is 0.329 e. The first kappa shape index (κ1) is 19.4. The minimum Gasteiger partial charge on any atom is -0.329 e. The Hall–Kier alpha value is -0.550. The molecule has 3 N–H and O–H groups in total. The first-order chi connectivity index (χ1) is 9.63. The highest BCUT2D eigenvalue weighted by molar-refractivity contribution is 7.97. The highest BCUT2D eigenvalue weighted by Gasteiger charge is 2.10. The first-order valence-electron chi connectivity index (χ1n) is 7.51. The number of nitrogens with zero attached hydrogens (tertiary/aromatic N) is 1. The maximum atomic E-state index is 5.73. The van der Waals surface area contributed by atoms with Gasteiger partial charge in [-0.15, -0.1) is 0 Å². The van der Waals surface area contributed by atoms with Crippen molar-refractivity contribution in [2.24, 2.45) is 11.7 Å². The van der Waals surface area contributed by atoms with Crippen LogP contribution in [0.3, 0.4) is 0 Å². The van der Waals surface area contributed by atoms with E-state index in [1.54, 1.807) is 11.9 Å². The van der Waals surface area contributed by atoms with Crippen LogP contribution in [0.5, 0.6) is 0 Å². The summed E-state index contributed by atoms with van der Waals surface area (Å²) < 4.78 is 2.25. The first-order valence-corrected chi connectivity index (χ1v) is 8.28. The van der Waals surface area contributed by atoms with Crippen molar-refractivity contribution >= 4 is 11.9 Å². The third-order valence-electron chi connectivity index (χ3n) is 2.90. The zero-order chi connectivity index (χ0) is 15.4. The molecule has 0 saturated carbocycles. The standard InChI is InChI=1S/C14H25N3S.C2H6/c1-12(2)14(11-15)16-9-10-17(3)18-13-7-5-4-6-8-13;1-2/h4-8,12,14,16H,9-11,15H2,1-3H3;1-2H3. The molecule has 0 amide bonds. The molecule has 1 unspecified atom stereocenters. The van der Waals surface area contributed by atoms with Gasteiger partial charge in [-0.2, -0.15) is 0 Å². The number of hydrogen-bond donors (Lipinski definition) is 2. The van der Waals surface area contributed by atoms with Gasteiger partial charge in [0.05, 0.1) is 0 Å². The van der Waals surface area contributed by atoms with E-state index in [2.05, 4.69) is 54.8 Å². The van der Waals surface area contributed by atoms with E-state index in [-0.39, 0.29) is 0 Å². The van der Waals surface area contributed by atoms with Gasteiger partial charge in [0.1, 0.15) is 0 Å². The SMILES string of the molecule is CC.CC(C)C(CN)NCCN(C)Sc1ccccc1. The molecule has 0 aliphatic rings. The fourth-order valence-corrected chi connectivity index (χ4v) is 2.53. The highest BCUT2D eigenvalue weighted by atomic mass is 32.2. The van der Waals surface area contributed by atoms with Crippen molar-refractivity contribution in [1.29, 1.82) is 0 Å². The topological polar surface area (TPSA) is 41.3 Å². The maximum Gasteiger partial charge on any atom is 0.0230 e. The molecule has 1 aromatic carbocycles. The Morgan fingerprint density at radius 2 is 1.80 bits per heavy atom. The molecule has 0 heterocycles. The summed E-state index contributed by atoms with van der Waals surface area (Å²) in [6.45, 7) is 11.1. The molecule has 0 fully saturated rings. The molecule has 0 bridgehead atoms. The van der Waals surface area contributed by atoms with E-state index in [1.165, 1.54) is 4.90 Å². The second kappa shape index (κ2) is 12.2. The minimum atomic E-state index is 0.417. The van der Waals surface area contributed by atoms with Crippen LogP contribution in [0, 0.1) is 5.92 Å². The molecule has 116 valence electrons. The van der Waals surface area contributed by atoms with Crippen LogP contribution in [-0.4, -0.2) is 37.0 Å². The number of nitrogens with one attached hydrogen (secondary N) is 1. The Bertz CT molecular complexity index is 317. The Labute approximate surface area is 129 Å². The van der Waals surface area contributed by atoms with E-state index in [0.29, 0.717) is 18.5 Å². The van der Waals surface area contributed by atoms with Crippen molar-refractivity contribution in [3.63, 3.8) is 0 Å². The molecule has 1 aromatic rings. The third kappa shape index (κ3) is 8.59. The number of nitrogens with two attached hydrogens (primary N) is 1. The molecule has 0 radical (unpaired) electrons. The minimum absolute atomic E-state index is 0.417. The quantitative estimate of drug-likeness (QED) is 0.723. The van der Waals surface area contributed by atoms with Crippen molar-refractivity contribution in [2.75, 3.05) is 26.7 Å². The van der Waals surface area contributed by atoms with Gasteiger partial charge in [0.15, 0.2) is 0 Å². The van der Waals surface area contributed by atoms with Gasteiger partial charge in [-0.25, -0.2) is 4.31 Å². The van der Waals surface area contributed by atoms with Crippen LogP contribution < -0.4 is 11.1 Å². The predicted octanol–water partition coefficient (Wildman–Crippen LogP) is 3.22. The summed E-state index contributed by atoms with van der Waals surface area (Å²) in [5.74, 6) is 0.585. The van der Waals surface area contributed by atoms with Crippen LogP contribution in [-0.2, 0) is 0 Å². The van der Waals surface area contributed by atoms with Gasteiger partial charge in [-0.1, -0.05) is 45.9 Å². The highest BCUT2D eigenvalue weighted by Crippen LogP contribution is 2.19. The van der Waals surface area contributed by atoms with Crippen molar-refractivity contribution in [2.45, 2.75) is 38.6 Å². The Morgan fingerprint density at radius 1 is 1.20 bits per heavy atom. The molecule has 0 aliphatic heterocycles. The lowest BCUT2D eigenvalue weighted by Crippen LogP contribution is -2.42. The van der Waals surface area contributed by atoms with Crippen molar-refractivity contribution in [1.82, 2.24) is 9.62 Å². The van der Waals surface area contributed by atoms with E-state index in [9.17, 15) is 0 Å². The van der Waals surface area contributed by atoms with E-state index < -0.39 is 0 Å². The van der Waals surface area contributed by atoms with Gasteiger partial charge in [-0.3, -0.25) is 0 Å². The normalized spacial score (nSPS) is 12.2. The van der Waals surface area contributed by atoms with Crippen molar-refractivity contribution in [3.05, 3.63) is 30.3 Å². The summed E-state index contributed by atoms with van der Waals surface area (Å²) in [4.78, 5) is 1.28. The number of likely N-dealkylation sites (N-methyl/N-ethyl adjacent to an activating group) is 1. The Balaban J connectivity index is 0.00000172. The smallest absolute Gasteiger partial charge is 0.0230 e. The molecule has 3 nitrogen and oxygen atoms in total. The van der Waals surface area contributed by atoms with Gasteiger partial charge in [-0.05, 0) is 37.0 Å². The van der Waals surface area contributed by atoms with Gasteiger partial charge in [0.25, 0.3) is 0 Å². The van der Waals surface area contributed by atoms with Gasteiger partial charge >= 0.3 is 0 Å². The van der Waals surface area contributed by atoms with Crippen molar-refractivity contribution in [3.8, 4) is 0 Å². The fraction of sp³-hybridized carbons (Fsp3) is 0.625. The molecule has 20 heavy (non-hydrogen) atoms. The molecule has 0 spiro atoms. The second-order valence-corrected chi connectivity index (χ2v) is 6.07. The van der Waals surface area contributed by atoms with Crippen LogP contribution in [0.1, 0.15) is 27.7 Å². The van der Waals surface area contributed by atoms with E-state index in [4.69, 9.17) is 5.73 Å². The number of hydrogen-bond acceptors (Lipinski definition) is 4. The lowest BCUT2D eigenvalue weighted by Gasteiger charge is -2.22. The average Bonchev–Trinajstić information content (AvgIpc) is 2.46. The predicted molar refractivity (Wildman–Crippen MR) is 92.0 cm³/mol. The average molecular weight is 298 g/mol. The third-order valence-corrected chi connectivity index (χ3v) is 3.87.